The third kappa shape index (κ3) is 3.47. The van der Waals surface area contributed by atoms with Crippen molar-refractivity contribution in [3.63, 3.8) is 0 Å². The highest BCUT2D eigenvalue weighted by Gasteiger charge is 2.17. The second kappa shape index (κ2) is 5.87. The fraction of sp³-hybridized carbons (Fsp3) is 0.500. The smallest absolute Gasteiger partial charge is 0.319 e. The van der Waals surface area contributed by atoms with Gasteiger partial charge in [0.25, 0.3) is 0 Å². The van der Waals surface area contributed by atoms with Crippen molar-refractivity contribution in [1.29, 1.82) is 0 Å². The van der Waals surface area contributed by atoms with Crippen molar-refractivity contribution < 1.29 is 4.79 Å². The highest BCUT2D eigenvalue weighted by molar-refractivity contribution is 5.89. The quantitative estimate of drug-likeness (QED) is 0.765. The molecule has 2 amide bonds. The molecule has 0 spiro atoms. The fourth-order valence-corrected chi connectivity index (χ4v) is 1.98. The van der Waals surface area contributed by atoms with Crippen LogP contribution in [0.4, 0.5) is 10.5 Å². The van der Waals surface area contributed by atoms with Gasteiger partial charge in [-0.2, -0.15) is 0 Å². The predicted octanol–water partition coefficient (Wildman–Crippen LogP) is 2.63. The van der Waals surface area contributed by atoms with Crippen molar-refractivity contribution in [2.24, 2.45) is 11.7 Å². The molecule has 98 valence electrons. The molecule has 0 saturated heterocycles. The summed E-state index contributed by atoms with van der Waals surface area (Å²) in [4.78, 5) is 11.6. The first kappa shape index (κ1) is 12.9. The molecule has 0 bridgehead atoms. The van der Waals surface area contributed by atoms with E-state index in [4.69, 9.17) is 5.73 Å². The molecular weight excluding hydrogens is 226 g/mol. The molecule has 1 atom stereocenters. The van der Waals surface area contributed by atoms with Crippen LogP contribution in [0.25, 0.3) is 0 Å². The van der Waals surface area contributed by atoms with E-state index in [0.717, 1.165) is 17.8 Å². The lowest BCUT2D eigenvalue weighted by Crippen LogP contribution is -2.35. The average molecular weight is 247 g/mol. The van der Waals surface area contributed by atoms with Crippen molar-refractivity contribution in [1.82, 2.24) is 5.32 Å². The number of benzene rings is 1. The highest BCUT2D eigenvalue weighted by atomic mass is 16.2. The van der Waals surface area contributed by atoms with Gasteiger partial charge >= 0.3 is 6.03 Å². The Balaban J connectivity index is 1.78. The molecule has 1 aliphatic carbocycles. The van der Waals surface area contributed by atoms with Gasteiger partial charge in [-0.05, 0) is 43.4 Å². The molecular formula is C14H21N3O. The maximum absolute atomic E-state index is 11.6. The van der Waals surface area contributed by atoms with Crippen molar-refractivity contribution >= 4 is 11.7 Å². The van der Waals surface area contributed by atoms with E-state index in [0.29, 0.717) is 5.92 Å². The first-order valence-electron chi connectivity index (χ1n) is 6.55. The Morgan fingerprint density at radius 1 is 1.39 bits per heavy atom. The van der Waals surface area contributed by atoms with E-state index < -0.39 is 0 Å². The third-order valence-corrected chi connectivity index (χ3v) is 3.47. The number of anilines is 1. The Morgan fingerprint density at radius 3 is 2.56 bits per heavy atom. The lowest BCUT2D eigenvalue weighted by molar-refractivity contribution is 0.243. The minimum Gasteiger partial charge on any atom is -0.338 e. The van der Waals surface area contributed by atoms with E-state index in [1.54, 1.807) is 0 Å². The number of hydrogen-bond acceptors (Lipinski definition) is 2. The topological polar surface area (TPSA) is 67.1 Å². The molecule has 0 radical (unpaired) electrons. The summed E-state index contributed by atoms with van der Waals surface area (Å²) in [5.41, 5.74) is 7.63. The maximum Gasteiger partial charge on any atom is 0.319 e. The molecule has 1 aromatic carbocycles. The molecule has 1 aromatic rings. The molecule has 4 N–H and O–H groups in total. The maximum atomic E-state index is 11.6. The standard InChI is InChI=1S/C14H21N3O/c1-10(15)12-5-7-13(8-6-12)17-14(18)16-9-11-3-2-4-11/h5-8,10-11H,2-4,9,15H2,1H3,(H2,16,17,18). The van der Waals surface area contributed by atoms with E-state index in [-0.39, 0.29) is 12.1 Å². The predicted molar refractivity (Wildman–Crippen MR) is 73.4 cm³/mol. The summed E-state index contributed by atoms with van der Waals surface area (Å²) in [6.45, 7) is 2.72. The van der Waals surface area contributed by atoms with Crippen LogP contribution in [-0.2, 0) is 0 Å². The summed E-state index contributed by atoms with van der Waals surface area (Å²) in [6, 6.07) is 7.52. The van der Waals surface area contributed by atoms with E-state index in [2.05, 4.69) is 10.6 Å². The van der Waals surface area contributed by atoms with E-state index >= 15 is 0 Å². The summed E-state index contributed by atoms with van der Waals surface area (Å²) in [5, 5.41) is 5.72. The SMILES string of the molecule is CC(N)c1ccc(NC(=O)NCC2CCC2)cc1. The molecule has 18 heavy (non-hydrogen) atoms. The molecule has 0 aromatic heterocycles. The summed E-state index contributed by atoms with van der Waals surface area (Å²) in [6.07, 6.45) is 3.78. The van der Waals surface area contributed by atoms with Crippen molar-refractivity contribution in [3.8, 4) is 0 Å². The number of amides is 2. The number of nitrogens with one attached hydrogen (secondary N) is 2. The number of urea groups is 1. The monoisotopic (exact) mass is 247 g/mol. The van der Waals surface area contributed by atoms with Gasteiger partial charge in [0.1, 0.15) is 0 Å². The van der Waals surface area contributed by atoms with Crippen molar-refractivity contribution in [2.75, 3.05) is 11.9 Å². The number of nitrogens with two attached hydrogens (primary N) is 1. The Bertz CT molecular complexity index is 396. The second-order valence-electron chi connectivity index (χ2n) is 5.04. The molecule has 4 nitrogen and oxygen atoms in total. The van der Waals surface area contributed by atoms with Crippen LogP contribution in [-0.4, -0.2) is 12.6 Å². The second-order valence-corrected chi connectivity index (χ2v) is 5.04. The van der Waals surface area contributed by atoms with Gasteiger partial charge in [-0.25, -0.2) is 4.79 Å². The lowest BCUT2D eigenvalue weighted by Gasteiger charge is -2.25. The Morgan fingerprint density at radius 2 is 2.06 bits per heavy atom. The van der Waals surface area contributed by atoms with Gasteiger partial charge in [-0.1, -0.05) is 18.6 Å². The summed E-state index contributed by atoms with van der Waals surface area (Å²) >= 11 is 0. The zero-order valence-corrected chi connectivity index (χ0v) is 10.8. The van der Waals surface area contributed by atoms with Gasteiger partial charge in [0.05, 0.1) is 0 Å². The first-order valence-corrected chi connectivity index (χ1v) is 6.55. The normalized spacial score (nSPS) is 16.8. The number of hydrogen-bond donors (Lipinski definition) is 3. The Kier molecular flexibility index (Phi) is 4.20. The fourth-order valence-electron chi connectivity index (χ4n) is 1.98. The van der Waals surface area contributed by atoms with Crippen LogP contribution >= 0.6 is 0 Å². The van der Waals surface area contributed by atoms with E-state index in [1.807, 2.05) is 31.2 Å². The van der Waals surface area contributed by atoms with Gasteiger partial charge in [-0.3, -0.25) is 0 Å². The average Bonchev–Trinajstić information content (AvgIpc) is 2.27. The van der Waals surface area contributed by atoms with Crippen LogP contribution in [0.2, 0.25) is 0 Å². The Labute approximate surface area is 108 Å². The molecule has 0 heterocycles. The van der Waals surface area contributed by atoms with Gasteiger partial charge < -0.3 is 16.4 Å². The molecule has 1 aliphatic rings. The zero-order chi connectivity index (χ0) is 13.0. The molecule has 1 saturated carbocycles. The number of rotatable bonds is 4. The highest BCUT2D eigenvalue weighted by Crippen LogP contribution is 2.25. The minimum atomic E-state index is -0.129. The van der Waals surface area contributed by atoms with Crippen molar-refractivity contribution in [2.45, 2.75) is 32.2 Å². The van der Waals surface area contributed by atoms with Gasteiger partial charge in [-0.15, -0.1) is 0 Å². The number of carbonyl (C=O) groups excluding carboxylic acids is 1. The molecule has 1 unspecified atom stereocenters. The van der Waals surface area contributed by atoms with E-state index in [9.17, 15) is 4.79 Å². The van der Waals surface area contributed by atoms with Gasteiger partial charge in [0.15, 0.2) is 0 Å². The van der Waals surface area contributed by atoms with Crippen LogP contribution in [0.15, 0.2) is 24.3 Å². The largest absolute Gasteiger partial charge is 0.338 e. The minimum absolute atomic E-state index is 0.0199. The lowest BCUT2D eigenvalue weighted by atomic mass is 9.85. The zero-order valence-electron chi connectivity index (χ0n) is 10.8. The van der Waals surface area contributed by atoms with Crippen LogP contribution in [0.1, 0.15) is 37.8 Å². The van der Waals surface area contributed by atoms with Crippen LogP contribution in [0.5, 0.6) is 0 Å². The van der Waals surface area contributed by atoms with Crippen molar-refractivity contribution in [3.05, 3.63) is 29.8 Å². The van der Waals surface area contributed by atoms with E-state index in [1.165, 1.54) is 19.3 Å². The first-order chi connectivity index (χ1) is 8.65. The number of carbonyl (C=O) groups is 1. The third-order valence-electron chi connectivity index (χ3n) is 3.47. The molecule has 2 rings (SSSR count). The molecule has 0 aliphatic heterocycles. The van der Waals surface area contributed by atoms with Crippen LogP contribution in [0.3, 0.4) is 0 Å². The summed E-state index contributed by atoms with van der Waals surface area (Å²) in [7, 11) is 0. The molecule has 1 fully saturated rings. The van der Waals surface area contributed by atoms with Gasteiger partial charge in [0, 0.05) is 18.3 Å². The summed E-state index contributed by atoms with van der Waals surface area (Å²) in [5.74, 6) is 0.677. The van der Waals surface area contributed by atoms with Gasteiger partial charge in [0.2, 0.25) is 0 Å². The van der Waals surface area contributed by atoms with Crippen LogP contribution in [0, 0.1) is 5.92 Å². The molecule has 4 heteroatoms. The summed E-state index contributed by atoms with van der Waals surface area (Å²) < 4.78 is 0. The Hall–Kier alpha value is -1.55. The van der Waals surface area contributed by atoms with Crippen LogP contribution < -0.4 is 16.4 Å².